The van der Waals surface area contributed by atoms with E-state index in [4.69, 9.17) is 4.74 Å². The molecule has 0 aliphatic carbocycles. The van der Waals surface area contributed by atoms with Gasteiger partial charge in [0.15, 0.2) is 0 Å². The Morgan fingerprint density at radius 1 is 1.39 bits per heavy atom. The van der Waals surface area contributed by atoms with E-state index in [1.807, 2.05) is 6.07 Å². The smallest absolute Gasteiger partial charge is 0.329 e. The maximum absolute atomic E-state index is 12.1. The maximum Gasteiger partial charge on any atom is 0.329 e. The van der Waals surface area contributed by atoms with Crippen LogP contribution in [0.4, 0.5) is 0 Å². The van der Waals surface area contributed by atoms with Gasteiger partial charge < -0.3 is 9.64 Å². The van der Waals surface area contributed by atoms with Crippen molar-refractivity contribution in [3.05, 3.63) is 48.6 Å². The summed E-state index contributed by atoms with van der Waals surface area (Å²) in [4.78, 5) is 25.3. The van der Waals surface area contributed by atoms with Crippen LogP contribution in [0.1, 0.15) is 16.8 Å². The molecular formula is C14H15NO3. The van der Waals surface area contributed by atoms with Crippen molar-refractivity contribution in [3.8, 4) is 0 Å². The molecule has 1 aromatic rings. The fourth-order valence-corrected chi connectivity index (χ4v) is 1.86. The number of benzene rings is 1. The van der Waals surface area contributed by atoms with Crippen molar-refractivity contribution in [1.82, 2.24) is 4.90 Å². The van der Waals surface area contributed by atoms with Crippen molar-refractivity contribution in [2.75, 3.05) is 13.2 Å². The van der Waals surface area contributed by atoms with Gasteiger partial charge in [0, 0.05) is 12.1 Å². The first-order valence-electron chi connectivity index (χ1n) is 5.87. The van der Waals surface area contributed by atoms with E-state index < -0.39 is 6.04 Å². The van der Waals surface area contributed by atoms with E-state index >= 15 is 0 Å². The highest BCUT2D eigenvalue weighted by Crippen LogP contribution is 2.21. The fourth-order valence-electron chi connectivity index (χ4n) is 1.86. The molecule has 4 heteroatoms. The summed E-state index contributed by atoms with van der Waals surface area (Å²) in [6, 6.07) is 8.50. The number of carbonyl (C=O) groups excluding carboxylic acids is 2. The van der Waals surface area contributed by atoms with Crippen LogP contribution in [0.3, 0.4) is 0 Å². The number of ether oxygens (including phenoxy) is 1. The lowest BCUT2D eigenvalue weighted by Gasteiger charge is -2.38. The van der Waals surface area contributed by atoms with Crippen LogP contribution in [0.15, 0.2) is 43.0 Å². The van der Waals surface area contributed by atoms with E-state index in [0.717, 1.165) is 0 Å². The third-order valence-electron chi connectivity index (χ3n) is 2.92. The van der Waals surface area contributed by atoms with Crippen LogP contribution in [0.2, 0.25) is 0 Å². The third-order valence-corrected chi connectivity index (χ3v) is 2.92. The van der Waals surface area contributed by atoms with Gasteiger partial charge in [-0.15, -0.1) is 0 Å². The lowest BCUT2D eigenvalue weighted by atomic mass is 10.0. The molecular weight excluding hydrogens is 230 g/mol. The molecule has 1 fully saturated rings. The number of nitrogens with zero attached hydrogens (tertiary/aromatic N) is 1. The van der Waals surface area contributed by atoms with Crippen LogP contribution < -0.4 is 0 Å². The molecule has 18 heavy (non-hydrogen) atoms. The van der Waals surface area contributed by atoms with Crippen LogP contribution in [0, 0.1) is 0 Å². The second kappa shape index (κ2) is 5.49. The first-order chi connectivity index (χ1) is 8.74. The van der Waals surface area contributed by atoms with Gasteiger partial charge in [0.25, 0.3) is 5.91 Å². The van der Waals surface area contributed by atoms with Crippen molar-refractivity contribution in [2.45, 2.75) is 12.5 Å². The summed E-state index contributed by atoms with van der Waals surface area (Å²) in [5.41, 5.74) is 0.596. The van der Waals surface area contributed by atoms with E-state index in [1.165, 1.54) is 6.08 Å². The van der Waals surface area contributed by atoms with Crippen LogP contribution in [0.25, 0.3) is 0 Å². The Bertz CT molecular complexity index is 455. The van der Waals surface area contributed by atoms with Crippen LogP contribution >= 0.6 is 0 Å². The summed E-state index contributed by atoms with van der Waals surface area (Å²) in [6.45, 7) is 4.26. The number of amides is 1. The summed E-state index contributed by atoms with van der Waals surface area (Å²) in [5, 5.41) is 0. The SMILES string of the molecule is C=CCOC(=O)C1CCN1C(=O)c1ccccc1. The van der Waals surface area contributed by atoms with Gasteiger partial charge in [-0.1, -0.05) is 30.9 Å². The molecule has 0 aromatic heterocycles. The van der Waals surface area contributed by atoms with Crippen molar-refractivity contribution < 1.29 is 14.3 Å². The topological polar surface area (TPSA) is 46.6 Å². The predicted octanol–water partition coefficient (Wildman–Crippen LogP) is 1.63. The van der Waals surface area contributed by atoms with Gasteiger partial charge in [-0.25, -0.2) is 4.79 Å². The van der Waals surface area contributed by atoms with E-state index in [1.54, 1.807) is 29.2 Å². The molecule has 1 heterocycles. The summed E-state index contributed by atoms with van der Waals surface area (Å²) < 4.78 is 4.96. The molecule has 1 aliphatic heterocycles. The largest absolute Gasteiger partial charge is 0.460 e. The zero-order valence-electron chi connectivity index (χ0n) is 10.0. The van der Waals surface area contributed by atoms with Crippen LogP contribution in [0.5, 0.6) is 0 Å². The lowest BCUT2D eigenvalue weighted by Crippen LogP contribution is -2.55. The minimum Gasteiger partial charge on any atom is -0.460 e. The molecule has 1 amide bonds. The predicted molar refractivity (Wildman–Crippen MR) is 67.0 cm³/mol. The monoisotopic (exact) mass is 245 g/mol. The summed E-state index contributed by atoms with van der Waals surface area (Å²) >= 11 is 0. The second-order valence-electron chi connectivity index (χ2n) is 4.09. The molecule has 0 N–H and O–H groups in total. The van der Waals surface area contributed by atoms with Crippen LogP contribution in [-0.4, -0.2) is 36.0 Å². The van der Waals surface area contributed by atoms with Crippen LogP contribution in [-0.2, 0) is 9.53 Å². The molecule has 1 aliphatic rings. The molecule has 0 bridgehead atoms. The number of esters is 1. The molecule has 2 rings (SSSR count). The number of carbonyl (C=O) groups is 2. The minimum atomic E-state index is -0.447. The first-order valence-corrected chi connectivity index (χ1v) is 5.87. The van der Waals surface area contributed by atoms with Crippen molar-refractivity contribution in [1.29, 1.82) is 0 Å². The fraction of sp³-hybridized carbons (Fsp3) is 0.286. The molecule has 1 unspecified atom stereocenters. The zero-order valence-corrected chi connectivity index (χ0v) is 10.0. The average molecular weight is 245 g/mol. The molecule has 1 saturated heterocycles. The van der Waals surface area contributed by atoms with E-state index in [-0.39, 0.29) is 18.5 Å². The van der Waals surface area contributed by atoms with Crippen molar-refractivity contribution >= 4 is 11.9 Å². The van der Waals surface area contributed by atoms with Gasteiger partial charge in [-0.05, 0) is 18.6 Å². The zero-order chi connectivity index (χ0) is 13.0. The minimum absolute atomic E-state index is 0.123. The Balaban J connectivity index is 2.00. The second-order valence-corrected chi connectivity index (χ2v) is 4.09. The molecule has 0 radical (unpaired) electrons. The highest BCUT2D eigenvalue weighted by molar-refractivity contribution is 5.97. The number of hydrogen-bond donors (Lipinski definition) is 0. The number of rotatable bonds is 4. The Kier molecular flexibility index (Phi) is 3.77. The summed E-state index contributed by atoms with van der Waals surface area (Å²) in [6.07, 6.45) is 2.18. The molecule has 4 nitrogen and oxygen atoms in total. The quantitative estimate of drug-likeness (QED) is 0.598. The number of likely N-dealkylation sites (tertiary alicyclic amines) is 1. The number of hydrogen-bond acceptors (Lipinski definition) is 3. The van der Waals surface area contributed by atoms with Gasteiger partial charge in [-0.3, -0.25) is 4.79 Å². The normalized spacial score (nSPS) is 17.8. The Hall–Kier alpha value is -2.10. The molecule has 1 aromatic carbocycles. The Labute approximate surface area is 106 Å². The van der Waals surface area contributed by atoms with E-state index in [2.05, 4.69) is 6.58 Å². The first kappa shape index (κ1) is 12.4. The highest BCUT2D eigenvalue weighted by Gasteiger charge is 2.38. The molecule has 0 saturated carbocycles. The average Bonchev–Trinajstić information content (AvgIpc) is 2.36. The summed E-state index contributed by atoms with van der Waals surface area (Å²) in [7, 11) is 0. The van der Waals surface area contributed by atoms with Gasteiger partial charge in [0.2, 0.25) is 0 Å². The standard InChI is InChI=1S/C14H15NO3/c1-2-10-18-14(17)12-8-9-15(12)13(16)11-6-4-3-5-7-11/h2-7,12H,1,8-10H2. The van der Waals surface area contributed by atoms with Crippen molar-refractivity contribution in [2.24, 2.45) is 0 Å². The van der Waals surface area contributed by atoms with E-state index in [9.17, 15) is 9.59 Å². The summed E-state index contributed by atoms with van der Waals surface area (Å²) in [5.74, 6) is -0.479. The third kappa shape index (κ3) is 2.42. The van der Waals surface area contributed by atoms with Gasteiger partial charge in [0.05, 0.1) is 0 Å². The Morgan fingerprint density at radius 3 is 2.67 bits per heavy atom. The van der Waals surface area contributed by atoms with Gasteiger partial charge in [-0.2, -0.15) is 0 Å². The maximum atomic E-state index is 12.1. The van der Waals surface area contributed by atoms with Crippen molar-refractivity contribution in [3.63, 3.8) is 0 Å². The lowest BCUT2D eigenvalue weighted by molar-refractivity contribution is -0.151. The highest BCUT2D eigenvalue weighted by atomic mass is 16.5. The Morgan fingerprint density at radius 2 is 2.11 bits per heavy atom. The molecule has 94 valence electrons. The van der Waals surface area contributed by atoms with Gasteiger partial charge >= 0.3 is 5.97 Å². The molecule has 1 atom stereocenters. The van der Waals surface area contributed by atoms with Gasteiger partial charge in [0.1, 0.15) is 12.6 Å². The van der Waals surface area contributed by atoms with E-state index in [0.29, 0.717) is 18.5 Å². The molecule has 0 spiro atoms.